The van der Waals surface area contributed by atoms with E-state index < -0.39 is 6.10 Å². The molecule has 1 aliphatic heterocycles. The minimum absolute atomic E-state index is 0.173. The van der Waals surface area contributed by atoms with Crippen LogP contribution in [0.1, 0.15) is 16.8 Å². The van der Waals surface area contributed by atoms with Crippen molar-refractivity contribution >= 4 is 34.5 Å². The first-order valence-electron chi connectivity index (χ1n) is 10.4. The van der Waals surface area contributed by atoms with E-state index in [1.54, 1.807) is 43.6 Å². The fraction of sp³-hybridized carbons (Fsp3) is 0.292. The lowest BCUT2D eigenvalue weighted by molar-refractivity contribution is -0.127. The van der Waals surface area contributed by atoms with Crippen LogP contribution < -0.4 is 24.4 Å². The molecule has 0 saturated carbocycles. The van der Waals surface area contributed by atoms with E-state index in [1.807, 2.05) is 32.0 Å². The normalized spacial score (nSPS) is 15.0. The number of nitrogens with one attached hydrogen (secondary N) is 1. The van der Waals surface area contributed by atoms with Crippen molar-refractivity contribution in [2.75, 3.05) is 31.0 Å². The summed E-state index contributed by atoms with van der Waals surface area (Å²) in [6.45, 7) is 5.46. The lowest BCUT2D eigenvalue weighted by atomic mass is 10.1. The van der Waals surface area contributed by atoms with Gasteiger partial charge in [0.2, 0.25) is 5.91 Å². The van der Waals surface area contributed by atoms with Crippen LogP contribution in [-0.4, -0.2) is 43.7 Å². The highest BCUT2D eigenvalue weighted by molar-refractivity contribution is 7.11. The Morgan fingerprint density at radius 3 is 2.64 bits per heavy atom. The molecule has 2 amide bonds. The Kier molecular flexibility index (Phi) is 6.24. The van der Waals surface area contributed by atoms with Crippen molar-refractivity contribution in [2.45, 2.75) is 26.9 Å². The number of aromatic nitrogens is 1. The first-order chi connectivity index (χ1) is 15.8. The van der Waals surface area contributed by atoms with Gasteiger partial charge >= 0.3 is 0 Å². The summed E-state index contributed by atoms with van der Waals surface area (Å²) in [5.74, 6) is 0.961. The molecule has 33 heavy (non-hydrogen) atoms. The van der Waals surface area contributed by atoms with Gasteiger partial charge in [0.05, 0.1) is 36.3 Å². The summed E-state index contributed by atoms with van der Waals surface area (Å²) in [7, 11) is 3.07. The van der Waals surface area contributed by atoms with Crippen molar-refractivity contribution in [3.05, 3.63) is 46.3 Å². The maximum Gasteiger partial charge on any atom is 0.268 e. The van der Waals surface area contributed by atoms with Crippen LogP contribution in [0.5, 0.6) is 17.2 Å². The first kappa shape index (κ1) is 22.6. The van der Waals surface area contributed by atoms with Gasteiger partial charge in [0, 0.05) is 16.5 Å². The molecule has 0 saturated heterocycles. The molecule has 1 atom stereocenters. The van der Waals surface area contributed by atoms with Crippen LogP contribution in [-0.2, 0) is 9.59 Å². The minimum Gasteiger partial charge on any atom is -0.497 e. The second-order valence-electron chi connectivity index (χ2n) is 7.62. The van der Waals surface area contributed by atoms with Crippen LogP contribution in [0.25, 0.3) is 11.3 Å². The number of amides is 2. The van der Waals surface area contributed by atoms with Gasteiger partial charge in [-0.05, 0) is 51.1 Å². The number of fused-ring (bicyclic) bond motifs is 1. The van der Waals surface area contributed by atoms with E-state index in [1.165, 1.54) is 12.0 Å². The van der Waals surface area contributed by atoms with Crippen molar-refractivity contribution in [3.8, 4) is 28.5 Å². The van der Waals surface area contributed by atoms with Crippen molar-refractivity contribution in [2.24, 2.45) is 0 Å². The van der Waals surface area contributed by atoms with Gasteiger partial charge in [-0.25, -0.2) is 4.98 Å². The zero-order valence-electron chi connectivity index (χ0n) is 19.1. The number of ether oxygens (including phenoxy) is 3. The number of hydrogen-bond donors (Lipinski definition) is 1. The second-order valence-corrected chi connectivity index (χ2v) is 9.03. The molecule has 1 aliphatic rings. The average molecular weight is 468 g/mol. The van der Waals surface area contributed by atoms with Crippen LogP contribution in [0, 0.1) is 13.8 Å². The molecule has 0 radical (unpaired) electrons. The smallest absolute Gasteiger partial charge is 0.268 e. The molecule has 0 fully saturated rings. The summed E-state index contributed by atoms with van der Waals surface area (Å²) in [5.41, 5.74) is 2.75. The Bertz CT molecular complexity index is 1220. The van der Waals surface area contributed by atoms with E-state index >= 15 is 0 Å². The SMILES string of the molecule is COc1ccc(NC(=O)CN2C(=O)C(C)Oc3ccc(-c4nc(C)sc4C)cc32)c(OC)c1. The van der Waals surface area contributed by atoms with Gasteiger partial charge in [-0.1, -0.05) is 0 Å². The predicted octanol–water partition coefficient (Wildman–Crippen LogP) is 4.20. The zero-order valence-corrected chi connectivity index (χ0v) is 19.9. The van der Waals surface area contributed by atoms with Crippen LogP contribution in [0.4, 0.5) is 11.4 Å². The molecule has 9 heteroatoms. The van der Waals surface area contributed by atoms with Gasteiger partial charge < -0.3 is 19.5 Å². The van der Waals surface area contributed by atoms with Gasteiger partial charge in [0.25, 0.3) is 5.91 Å². The molecule has 0 bridgehead atoms. The molecule has 0 spiro atoms. The van der Waals surface area contributed by atoms with Gasteiger partial charge in [-0.3, -0.25) is 14.5 Å². The zero-order chi connectivity index (χ0) is 23.7. The van der Waals surface area contributed by atoms with E-state index in [9.17, 15) is 9.59 Å². The number of thiazole rings is 1. The summed E-state index contributed by atoms with van der Waals surface area (Å²) in [6.07, 6.45) is -0.699. The molecule has 2 aromatic carbocycles. The maximum atomic E-state index is 13.0. The number of rotatable bonds is 6. The minimum atomic E-state index is -0.699. The van der Waals surface area contributed by atoms with Gasteiger partial charge in [0.1, 0.15) is 23.8 Å². The van der Waals surface area contributed by atoms with E-state index in [-0.39, 0.29) is 18.4 Å². The average Bonchev–Trinajstić information content (AvgIpc) is 3.14. The maximum absolute atomic E-state index is 13.0. The number of carbonyl (C=O) groups excluding carboxylic acids is 2. The number of methoxy groups -OCH3 is 2. The third-order valence-corrected chi connectivity index (χ3v) is 6.21. The molecule has 4 rings (SSSR count). The predicted molar refractivity (Wildman–Crippen MR) is 128 cm³/mol. The number of hydrogen-bond acceptors (Lipinski definition) is 7. The Labute approximate surface area is 196 Å². The lowest BCUT2D eigenvalue weighted by Gasteiger charge is -2.33. The number of aryl methyl sites for hydroxylation is 2. The Morgan fingerprint density at radius 2 is 1.97 bits per heavy atom. The highest BCUT2D eigenvalue weighted by Gasteiger charge is 2.33. The molecule has 0 aliphatic carbocycles. The summed E-state index contributed by atoms with van der Waals surface area (Å²) in [4.78, 5) is 33.0. The topological polar surface area (TPSA) is 90.0 Å². The van der Waals surface area contributed by atoms with Crippen molar-refractivity contribution in [1.82, 2.24) is 4.98 Å². The van der Waals surface area contributed by atoms with Crippen molar-refractivity contribution < 1.29 is 23.8 Å². The molecule has 3 aromatic rings. The monoisotopic (exact) mass is 467 g/mol. The Morgan fingerprint density at radius 1 is 1.18 bits per heavy atom. The molecule has 8 nitrogen and oxygen atoms in total. The number of benzene rings is 2. The number of nitrogens with zero attached hydrogens (tertiary/aromatic N) is 2. The number of carbonyl (C=O) groups is 2. The highest BCUT2D eigenvalue weighted by Crippen LogP contribution is 2.39. The van der Waals surface area contributed by atoms with Crippen LogP contribution in [0.15, 0.2) is 36.4 Å². The third kappa shape index (κ3) is 4.49. The van der Waals surface area contributed by atoms with E-state index in [4.69, 9.17) is 14.2 Å². The molecule has 1 aromatic heterocycles. The van der Waals surface area contributed by atoms with Crippen LogP contribution in [0.3, 0.4) is 0 Å². The van der Waals surface area contributed by atoms with Crippen molar-refractivity contribution in [1.29, 1.82) is 0 Å². The molecule has 172 valence electrons. The van der Waals surface area contributed by atoms with E-state index in [0.29, 0.717) is 28.6 Å². The van der Waals surface area contributed by atoms with Gasteiger partial charge in [0.15, 0.2) is 6.10 Å². The second kappa shape index (κ2) is 9.11. The summed E-state index contributed by atoms with van der Waals surface area (Å²) >= 11 is 1.61. The third-order valence-electron chi connectivity index (χ3n) is 5.33. The number of anilines is 2. The van der Waals surface area contributed by atoms with E-state index in [0.717, 1.165) is 21.1 Å². The summed E-state index contributed by atoms with van der Waals surface area (Å²) < 4.78 is 16.3. The fourth-order valence-electron chi connectivity index (χ4n) is 3.75. The first-order valence-corrected chi connectivity index (χ1v) is 11.2. The highest BCUT2D eigenvalue weighted by atomic mass is 32.1. The lowest BCUT2D eigenvalue weighted by Crippen LogP contribution is -2.47. The molecular formula is C24H25N3O5S. The van der Waals surface area contributed by atoms with E-state index in [2.05, 4.69) is 10.3 Å². The quantitative estimate of drug-likeness (QED) is 0.585. The molecule has 2 heterocycles. The van der Waals surface area contributed by atoms with Crippen molar-refractivity contribution in [3.63, 3.8) is 0 Å². The van der Waals surface area contributed by atoms with Crippen LogP contribution >= 0.6 is 11.3 Å². The molecular weight excluding hydrogens is 442 g/mol. The Balaban J connectivity index is 1.63. The molecule has 1 unspecified atom stereocenters. The molecule has 1 N–H and O–H groups in total. The van der Waals surface area contributed by atoms with Gasteiger partial charge in [-0.15, -0.1) is 11.3 Å². The summed E-state index contributed by atoms with van der Waals surface area (Å²) in [6, 6.07) is 10.7. The standard InChI is InChI=1S/C24H25N3O5S/c1-13-24(29)27(12-22(28)26-18-8-7-17(30-4)11-21(18)31-5)19-10-16(6-9-20(19)32-13)23-14(2)33-15(3)25-23/h6-11,13H,12H2,1-5H3,(H,26,28). The largest absolute Gasteiger partial charge is 0.497 e. The fourth-order valence-corrected chi connectivity index (χ4v) is 4.59. The Hall–Kier alpha value is -3.59. The summed E-state index contributed by atoms with van der Waals surface area (Å²) in [5, 5.41) is 3.78. The van der Waals surface area contributed by atoms with Crippen LogP contribution in [0.2, 0.25) is 0 Å². The van der Waals surface area contributed by atoms with Gasteiger partial charge in [-0.2, -0.15) is 0 Å².